The molecule has 4 rings (SSSR count). The van der Waals surface area contributed by atoms with Crippen molar-refractivity contribution in [2.45, 2.75) is 45.0 Å². The normalized spacial score (nSPS) is 21.4. The monoisotopic (exact) mass is 389 g/mol. The lowest BCUT2D eigenvalue weighted by Gasteiger charge is -2.16. The second-order valence-corrected chi connectivity index (χ2v) is 7.97. The van der Waals surface area contributed by atoms with Crippen molar-refractivity contribution in [3.8, 4) is 17.5 Å². The Balaban J connectivity index is 1.39. The van der Waals surface area contributed by atoms with Gasteiger partial charge in [0.2, 0.25) is 0 Å². The van der Waals surface area contributed by atoms with E-state index >= 15 is 0 Å². The van der Waals surface area contributed by atoms with Crippen LogP contribution in [-0.2, 0) is 20.1 Å². The van der Waals surface area contributed by atoms with E-state index in [-0.39, 0.29) is 12.1 Å². The number of aromatic nitrogens is 3. The SMILES string of the molecule is Cc1c(CN[C@@H]2CC(Cn3ccnc3-c3ccccc3)C[C@H]2O)cc(C#N)n1C. The molecule has 6 heteroatoms. The van der Waals surface area contributed by atoms with Gasteiger partial charge in [0.25, 0.3) is 0 Å². The van der Waals surface area contributed by atoms with Crippen molar-refractivity contribution in [1.29, 1.82) is 5.26 Å². The molecule has 2 heterocycles. The van der Waals surface area contributed by atoms with E-state index in [1.165, 1.54) is 0 Å². The minimum atomic E-state index is -0.358. The van der Waals surface area contributed by atoms with Crippen LogP contribution in [0.3, 0.4) is 0 Å². The van der Waals surface area contributed by atoms with E-state index in [1.807, 2.05) is 55.2 Å². The number of nitrogens with one attached hydrogen (secondary N) is 1. The molecule has 1 saturated carbocycles. The van der Waals surface area contributed by atoms with E-state index in [2.05, 4.69) is 33.1 Å². The van der Waals surface area contributed by atoms with Crippen molar-refractivity contribution >= 4 is 0 Å². The number of benzene rings is 1. The second kappa shape index (κ2) is 8.24. The molecule has 3 atom stereocenters. The maximum absolute atomic E-state index is 10.6. The highest BCUT2D eigenvalue weighted by molar-refractivity contribution is 5.55. The molecule has 2 N–H and O–H groups in total. The number of rotatable bonds is 6. The average molecular weight is 390 g/mol. The molecule has 0 aliphatic heterocycles. The molecule has 1 aliphatic rings. The van der Waals surface area contributed by atoms with Crippen LogP contribution >= 0.6 is 0 Å². The number of hydrogen-bond acceptors (Lipinski definition) is 4. The molecule has 0 bridgehead atoms. The Labute approximate surface area is 171 Å². The van der Waals surface area contributed by atoms with Gasteiger partial charge >= 0.3 is 0 Å². The summed E-state index contributed by atoms with van der Waals surface area (Å²) in [4.78, 5) is 4.53. The van der Waals surface area contributed by atoms with Gasteiger partial charge in [-0.3, -0.25) is 0 Å². The van der Waals surface area contributed by atoms with Crippen LogP contribution in [0.15, 0.2) is 48.8 Å². The molecule has 0 amide bonds. The van der Waals surface area contributed by atoms with Gasteiger partial charge in [-0.05, 0) is 37.3 Å². The highest BCUT2D eigenvalue weighted by atomic mass is 16.3. The number of aliphatic hydroxyl groups is 1. The highest BCUT2D eigenvalue weighted by Gasteiger charge is 2.33. The molecular formula is C23H27N5O. The number of aliphatic hydroxyl groups excluding tert-OH is 1. The fourth-order valence-corrected chi connectivity index (χ4v) is 4.36. The van der Waals surface area contributed by atoms with Gasteiger partial charge in [0.15, 0.2) is 0 Å². The van der Waals surface area contributed by atoms with Gasteiger partial charge in [-0.25, -0.2) is 4.98 Å². The minimum Gasteiger partial charge on any atom is -0.391 e. The summed E-state index contributed by atoms with van der Waals surface area (Å²) in [6.45, 7) is 3.54. The van der Waals surface area contributed by atoms with E-state index in [0.717, 1.165) is 42.0 Å². The van der Waals surface area contributed by atoms with Gasteiger partial charge in [0.1, 0.15) is 17.6 Å². The van der Waals surface area contributed by atoms with E-state index < -0.39 is 0 Å². The van der Waals surface area contributed by atoms with Crippen LogP contribution in [0.4, 0.5) is 0 Å². The number of nitriles is 1. The van der Waals surface area contributed by atoms with Crippen molar-refractivity contribution < 1.29 is 5.11 Å². The summed E-state index contributed by atoms with van der Waals surface area (Å²) < 4.78 is 4.10. The van der Waals surface area contributed by atoms with Crippen molar-refractivity contribution in [2.24, 2.45) is 13.0 Å². The third-order valence-corrected chi connectivity index (χ3v) is 6.14. The van der Waals surface area contributed by atoms with Gasteiger partial charge < -0.3 is 19.6 Å². The lowest BCUT2D eigenvalue weighted by atomic mass is 10.1. The lowest BCUT2D eigenvalue weighted by molar-refractivity contribution is 0.145. The molecule has 1 unspecified atom stereocenters. The van der Waals surface area contributed by atoms with Gasteiger partial charge in [-0.1, -0.05) is 30.3 Å². The summed E-state index contributed by atoms with van der Waals surface area (Å²) in [5.74, 6) is 1.37. The molecule has 3 aromatic rings. The summed E-state index contributed by atoms with van der Waals surface area (Å²) in [5, 5.41) is 23.3. The first-order valence-electron chi connectivity index (χ1n) is 10.1. The third-order valence-electron chi connectivity index (χ3n) is 6.14. The summed E-state index contributed by atoms with van der Waals surface area (Å²) in [6.07, 6.45) is 5.20. The number of nitrogens with zero attached hydrogens (tertiary/aromatic N) is 4. The van der Waals surface area contributed by atoms with Crippen molar-refractivity contribution in [2.75, 3.05) is 0 Å². The van der Waals surface area contributed by atoms with Crippen LogP contribution in [-0.4, -0.2) is 31.4 Å². The molecule has 0 radical (unpaired) electrons. The standard InChI is InChI=1S/C23H27N5O/c1-16-19(12-20(13-24)27(16)2)14-26-21-10-17(11-22(21)29)15-28-9-8-25-23(28)18-6-4-3-5-7-18/h3-9,12,17,21-22,26,29H,10-11,14-15H2,1-2H3/t17?,21-,22-/m1/s1. The Morgan fingerprint density at radius 2 is 2.07 bits per heavy atom. The van der Waals surface area contributed by atoms with Crippen LogP contribution in [0.25, 0.3) is 11.4 Å². The van der Waals surface area contributed by atoms with Gasteiger partial charge in [-0.15, -0.1) is 0 Å². The number of hydrogen-bond donors (Lipinski definition) is 2. The van der Waals surface area contributed by atoms with E-state index in [0.29, 0.717) is 18.2 Å². The molecule has 29 heavy (non-hydrogen) atoms. The molecule has 1 aromatic carbocycles. The average Bonchev–Trinajstić information content (AvgIpc) is 3.41. The first-order valence-corrected chi connectivity index (χ1v) is 10.1. The Bertz CT molecular complexity index is 1010. The van der Waals surface area contributed by atoms with Crippen LogP contribution in [0.5, 0.6) is 0 Å². The van der Waals surface area contributed by atoms with E-state index in [9.17, 15) is 10.4 Å². The fourth-order valence-electron chi connectivity index (χ4n) is 4.36. The molecule has 0 spiro atoms. The molecule has 150 valence electrons. The molecule has 1 aliphatic carbocycles. The topological polar surface area (TPSA) is 78.8 Å². The Kier molecular flexibility index (Phi) is 5.52. The Hall–Kier alpha value is -2.88. The maximum Gasteiger partial charge on any atom is 0.139 e. The minimum absolute atomic E-state index is 0.0637. The van der Waals surface area contributed by atoms with E-state index in [4.69, 9.17) is 0 Å². The summed E-state index contributed by atoms with van der Waals surface area (Å²) >= 11 is 0. The first kappa shape index (κ1) is 19.4. The Morgan fingerprint density at radius 3 is 2.79 bits per heavy atom. The maximum atomic E-state index is 10.6. The van der Waals surface area contributed by atoms with Crippen LogP contribution < -0.4 is 5.32 Å². The quantitative estimate of drug-likeness (QED) is 0.679. The van der Waals surface area contributed by atoms with Gasteiger partial charge in [0.05, 0.1) is 6.10 Å². The molecule has 6 nitrogen and oxygen atoms in total. The third kappa shape index (κ3) is 3.98. The van der Waals surface area contributed by atoms with Crippen molar-refractivity contribution in [3.63, 3.8) is 0 Å². The smallest absolute Gasteiger partial charge is 0.139 e. The predicted molar refractivity (Wildman–Crippen MR) is 112 cm³/mol. The molecular weight excluding hydrogens is 362 g/mol. The van der Waals surface area contributed by atoms with Gasteiger partial charge in [0, 0.05) is 49.8 Å². The Morgan fingerprint density at radius 1 is 1.28 bits per heavy atom. The van der Waals surface area contributed by atoms with Crippen LogP contribution in [0.2, 0.25) is 0 Å². The number of imidazole rings is 1. The summed E-state index contributed by atoms with van der Waals surface area (Å²) in [5.41, 5.74) is 3.97. The first-order chi connectivity index (χ1) is 14.1. The lowest BCUT2D eigenvalue weighted by Crippen LogP contribution is -2.35. The summed E-state index contributed by atoms with van der Waals surface area (Å²) in [6, 6.07) is 14.4. The zero-order valence-corrected chi connectivity index (χ0v) is 16.9. The summed E-state index contributed by atoms with van der Waals surface area (Å²) in [7, 11) is 1.91. The zero-order chi connectivity index (χ0) is 20.4. The highest BCUT2D eigenvalue weighted by Crippen LogP contribution is 2.29. The fraction of sp³-hybridized carbons (Fsp3) is 0.391. The largest absolute Gasteiger partial charge is 0.391 e. The molecule has 1 fully saturated rings. The van der Waals surface area contributed by atoms with Gasteiger partial charge in [-0.2, -0.15) is 5.26 Å². The van der Waals surface area contributed by atoms with Crippen LogP contribution in [0, 0.1) is 24.2 Å². The van der Waals surface area contributed by atoms with Crippen molar-refractivity contribution in [1.82, 2.24) is 19.4 Å². The zero-order valence-electron chi connectivity index (χ0n) is 16.9. The van der Waals surface area contributed by atoms with E-state index in [1.54, 1.807) is 0 Å². The second-order valence-electron chi connectivity index (χ2n) is 7.97. The predicted octanol–water partition coefficient (Wildman–Crippen LogP) is 3.00. The van der Waals surface area contributed by atoms with Crippen LogP contribution in [0.1, 0.15) is 29.8 Å². The van der Waals surface area contributed by atoms with Crippen molar-refractivity contribution in [3.05, 3.63) is 65.7 Å². The molecule has 0 saturated heterocycles. The molecule has 2 aromatic heterocycles.